The molecule has 0 spiro atoms. The first kappa shape index (κ1) is 15.3. The molecule has 0 atom stereocenters. The minimum absolute atomic E-state index is 0.0562. The van der Waals surface area contributed by atoms with Gasteiger partial charge in [-0.2, -0.15) is 5.26 Å². The highest BCUT2D eigenvalue weighted by Crippen LogP contribution is 2.23. The summed E-state index contributed by atoms with van der Waals surface area (Å²) in [5.41, 5.74) is 6.47. The standard InChI is InChI=1S/C16H15N3O3/c1-2-22-15(20)10-19-9-12(7-11(8-17)16(18)21)13-5-3-4-6-14(13)19/h3-7,9H,2,10H2,1H3,(H2,18,21)/b11-7+. The summed E-state index contributed by atoms with van der Waals surface area (Å²) >= 11 is 0. The first-order valence-corrected chi connectivity index (χ1v) is 6.72. The van der Waals surface area contributed by atoms with Gasteiger partial charge in [0.15, 0.2) is 0 Å². The number of nitriles is 1. The van der Waals surface area contributed by atoms with Crippen molar-refractivity contribution in [1.29, 1.82) is 5.26 Å². The van der Waals surface area contributed by atoms with Crippen LogP contribution < -0.4 is 5.73 Å². The Labute approximate surface area is 127 Å². The van der Waals surface area contributed by atoms with Gasteiger partial charge < -0.3 is 15.0 Å². The smallest absolute Gasteiger partial charge is 0.325 e. The molecule has 0 saturated heterocycles. The highest BCUT2D eigenvalue weighted by atomic mass is 16.5. The first-order valence-electron chi connectivity index (χ1n) is 6.72. The van der Waals surface area contributed by atoms with Crippen molar-refractivity contribution in [3.05, 3.63) is 41.6 Å². The molecule has 112 valence electrons. The number of rotatable bonds is 5. The van der Waals surface area contributed by atoms with Crippen molar-refractivity contribution in [3.8, 4) is 6.07 Å². The number of carbonyl (C=O) groups is 2. The molecule has 6 heteroatoms. The molecule has 1 aromatic carbocycles. The molecule has 0 aliphatic heterocycles. The number of nitrogens with two attached hydrogens (primary N) is 1. The zero-order chi connectivity index (χ0) is 16.1. The van der Waals surface area contributed by atoms with Gasteiger partial charge >= 0.3 is 5.97 Å². The van der Waals surface area contributed by atoms with Crippen LogP contribution in [0.3, 0.4) is 0 Å². The zero-order valence-corrected chi connectivity index (χ0v) is 12.1. The van der Waals surface area contributed by atoms with Gasteiger partial charge in [0, 0.05) is 22.7 Å². The number of hydrogen-bond donors (Lipinski definition) is 1. The van der Waals surface area contributed by atoms with Crippen LogP contribution in [-0.2, 0) is 20.9 Å². The summed E-state index contributed by atoms with van der Waals surface area (Å²) in [7, 11) is 0. The molecule has 1 amide bonds. The Balaban J connectivity index is 2.51. The van der Waals surface area contributed by atoms with E-state index in [-0.39, 0.29) is 18.1 Å². The SMILES string of the molecule is CCOC(=O)Cn1cc(/C=C(\C#N)C(N)=O)c2ccccc21. The Kier molecular flexibility index (Phi) is 4.59. The monoisotopic (exact) mass is 297 g/mol. The van der Waals surface area contributed by atoms with Crippen LogP contribution in [0, 0.1) is 11.3 Å². The van der Waals surface area contributed by atoms with Gasteiger partial charge in [0.2, 0.25) is 0 Å². The van der Waals surface area contributed by atoms with Crippen LogP contribution in [0.4, 0.5) is 0 Å². The maximum atomic E-state index is 11.7. The summed E-state index contributed by atoms with van der Waals surface area (Å²) in [5, 5.41) is 9.77. The number of para-hydroxylation sites is 1. The van der Waals surface area contributed by atoms with Crippen molar-refractivity contribution >= 4 is 28.9 Å². The third kappa shape index (κ3) is 3.15. The zero-order valence-electron chi connectivity index (χ0n) is 12.1. The van der Waals surface area contributed by atoms with Crippen molar-refractivity contribution in [2.24, 2.45) is 5.73 Å². The number of aromatic nitrogens is 1. The number of amides is 1. The maximum Gasteiger partial charge on any atom is 0.325 e. The molecule has 6 nitrogen and oxygen atoms in total. The highest BCUT2D eigenvalue weighted by molar-refractivity contribution is 6.03. The molecule has 22 heavy (non-hydrogen) atoms. The maximum absolute atomic E-state index is 11.7. The number of hydrogen-bond acceptors (Lipinski definition) is 4. The van der Waals surface area contributed by atoms with Crippen molar-refractivity contribution in [1.82, 2.24) is 4.57 Å². The molecule has 0 fully saturated rings. The lowest BCUT2D eigenvalue weighted by atomic mass is 10.1. The lowest BCUT2D eigenvalue weighted by Gasteiger charge is -2.04. The second kappa shape index (κ2) is 6.59. The van der Waals surface area contributed by atoms with Gasteiger partial charge in [-0.1, -0.05) is 18.2 Å². The summed E-state index contributed by atoms with van der Waals surface area (Å²) in [5.74, 6) is -1.14. The predicted octanol–water partition coefficient (Wildman–Crippen LogP) is 1.60. The summed E-state index contributed by atoms with van der Waals surface area (Å²) in [6, 6.07) is 9.15. The number of ether oxygens (including phenoxy) is 1. The van der Waals surface area contributed by atoms with E-state index in [0.717, 1.165) is 10.9 Å². The number of carbonyl (C=O) groups excluding carboxylic acids is 2. The normalized spacial score (nSPS) is 11.2. The van der Waals surface area contributed by atoms with Crippen LogP contribution in [0.15, 0.2) is 36.0 Å². The number of benzene rings is 1. The number of nitrogens with zero attached hydrogens (tertiary/aromatic N) is 2. The van der Waals surface area contributed by atoms with Crippen LogP contribution >= 0.6 is 0 Å². The summed E-state index contributed by atoms with van der Waals surface area (Å²) in [6.07, 6.45) is 3.12. The van der Waals surface area contributed by atoms with E-state index in [9.17, 15) is 9.59 Å². The molecule has 0 unspecified atom stereocenters. The third-order valence-electron chi connectivity index (χ3n) is 3.11. The molecule has 0 radical (unpaired) electrons. The molecular weight excluding hydrogens is 282 g/mol. The number of fused-ring (bicyclic) bond motifs is 1. The largest absolute Gasteiger partial charge is 0.465 e. The first-order chi connectivity index (χ1) is 10.6. The Morgan fingerprint density at radius 3 is 2.77 bits per heavy atom. The van der Waals surface area contributed by atoms with Gasteiger partial charge in [0.25, 0.3) is 5.91 Å². The van der Waals surface area contributed by atoms with Crippen LogP contribution in [-0.4, -0.2) is 23.1 Å². The predicted molar refractivity (Wildman–Crippen MR) is 81.4 cm³/mol. The second-order valence-corrected chi connectivity index (χ2v) is 4.57. The van der Waals surface area contributed by atoms with Crippen molar-refractivity contribution in [2.75, 3.05) is 6.61 Å². The Bertz CT molecular complexity index is 797. The lowest BCUT2D eigenvalue weighted by molar-refractivity contribution is -0.143. The van der Waals surface area contributed by atoms with E-state index in [1.165, 1.54) is 6.08 Å². The van der Waals surface area contributed by atoms with E-state index in [0.29, 0.717) is 12.2 Å². The quantitative estimate of drug-likeness (QED) is 0.515. The number of primary amides is 1. The van der Waals surface area contributed by atoms with Crippen molar-refractivity contribution in [3.63, 3.8) is 0 Å². The molecule has 2 rings (SSSR count). The molecule has 0 saturated carbocycles. The van der Waals surface area contributed by atoms with Gasteiger partial charge in [-0.25, -0.2) is 0 Å². The molecule has 0 bridgehead atoms. The highest BCUT2D eigenvalue weighted by Gasteiger charge is 2.12. The summed E-state index contributed by atoms with van der Waals surface area (Å²) < 4.78 is 6.66. The van der Waals surface area contributed by atoms with E-state index in [2.05, 4.69) is 0 Å². The lowest BCUT2D eigenvalue weighted by Crippen LogP contribution is -2.12. The molecule has 1 heterocycles. The Morgan fingerprint density at radius 2 is 2.14 bits per heavy atom. The minimum atomic E-state index is -0.787. The van der Waals surface area contributed by atoms with Crippen LogP contribution in [0.1, 0.15) is 12.5 Å². The fraction of sp³-hybridized carbons (Fsp3) is 0.188. The van der Waals surface area contributed by atoms with Gasteiger partial charge in [0.1, 0.15) is 18.2 Å². The van der Waals surface area contributed by atoms with Gasteiger partial charge in [-0.3, -0.25) is 9.59 Å². The molecule has 0 aliphatic rings. The van der Waals surface area contributed by atoms with Crippen LogP contribution in [0.25, 0.3) is 17.0 Å². The second-order valence-electron chi connectivity index (χ2n) is 4.57. The Hall–Kier alpha value is -3.07. The summed E-state index contributed by atoms with van der Waals surface area (Å²) in [4.78, 5) is 22.9. The summed E-state index contributed by atoms with van der Waals surface area (Å²) in [6.45, 7) is 2.11. The van der Waals surface area contributed by atoms with E-state index in [1.54, 1.807) is 23.8 Å². The van der Waals surface area contributed by atoms with E-state index < -0.39 is 5.91 Å². The molecule has 1 aromatic heterocycles. The van der Waals surface area contributed by atoms with E-state index >= 15 is 0 Å². The van der Waals surface area contributed by atoms with Crippen molar-refractivity contribution < 1.29 is 14.3 Å². The van der Waals surface area contributed by atoms with Gasteiger partial charge in [0.05, 0.1) is 6.61 Å². The van der Waals surface area contributed by atoms with E-state index in [4.69, 9.17) is 15.7 Å². The molecule has 2 N–H and O–H groups in total. The average molecular weight is 297 g/mol. The minimum Gasteiger partial charge on any atom is -0.465 e. The van der Waals surface area contributed by atoms with Gasteiger partial charge in [-0.15, -0.1) is 0 Å². The third-order valence-corrected chi connectivity index (χ3v) is 3.11. The average Bonchev–Trinajstić information content (AvgIpc) is 2.83. The van der Waals surface area contributed by atoms with Crippen LogP contribution in [0.5, 0.6) is 0 Å². The molecule has 0 aliphatic carbocycles. The molecular formula is C16H15N3O3. The van der Waals surface area contributed by atoms with Gasteiger partial charge in [-0.05, 0) is 19.1 Å². The fourth-order valence-corrected chi connectivity index (χ4v) is 2.18. The van der Waals surface area contributed by atoms with Crippen LogP contribution in [0.2, 0.25) is 0 Å². The van der Waals surface area contributed by atoms with Crippen molar-refractivity contribution in [2.45, 2.75) is 13.5 Å². The number of esters is 1. The fourth-order valence-electron chi connectivity index (χ4n) is 2.18. The topological polar surface area (TPSA) is 98.1 Å². The molecule has 2 aromatic rings. The Morgan fingerprint density at radius 1 is 1.41 bits per heavy atom. The van der Waals surface area contributed by atoms with E-state index in [1.807, 2.05) is 24.3 Å².